The number of nitrogens with zero attached hydrogens (tertiary/aromatic N) is 2. The van der Waals surface area contributed by atoms with Crippen LogP contribution in [0.1, 0.15) is 18.9 Å². The number of pyridine rings is 1. The molecule has 0 fully saturated rings. The Labute approximate surface area is 104 Å². The minimum atomic E-state index is -0.296. The van der Waals surface area contributed by atoms with Crippen molar-refractivity contribution in [2.45, 2.75) is 19.8 Å². The summed E-state index contributed by atoms with van der Waals surface area (Å²) in [7, 11) is 0. The molecule has 2 rings (SSSR count). The molecule has 0 saturated heterocycles. The van der Waals surface area contributed by atoms with Gasteiger partial charge in [0, 0.05) is 24.4 Å². The van der Waals surface area contributed by atoms with Crippen molar-refractivity contribution in [1.29, 1.82) is 0 Å². The fourth-order valence-corrected chi connectivity index (χ4v) is 1.71. The van der Waals surface area contributed by atoms with Gasteiger partial charge in [-0.2, -0.15) is 0 Å². The molecule has 2 aromatic heterocycles. The molecule has 0 spiro atoms. The van der Waals surface area contributed by atoms with E-state index in [0.29, 0.717) is 24.2 Å². The molecule has 18 heavy (non-hydrogen) atoms. The first-order valence-electron chi connectivity index (χ1n) is 5.83. The molecule has 2 aromatic rings. The standard InChI is InChI=1S/C13H14N2O3/c1-2-18-12(16)7-6-10-9-14-11-5-3-4-8-15(11)13(10)17/h3-5,8-9H,2,6-7H2,1H3. The Morgan fingerprint density at radius 1 is 1.44 bits per heavy atom. The van der Waals surface area contributed by atoms with E-state index in [1.165, 1.54) is 10.6 Å². The second-order valence-corrected chi connectivity index (χ2v) is 3.82. The van der Waals surface area contributed by atoms with E-state index in [2.05, 4.69) is 4.98 Å². The Kier molecular flexibility index (Phi) is 3.72. The number of aryl methyl sites for hydroxylation is 1. The molecule has 5 heteroatoms. The Morgan fingerprint density at radius 3 is 3.06 bits per heavy atom. The maximum atomic E-state index is 12.1. The van der Waals surface area contributed by atoms with Gasteiger partial charge in [0.1, 0.15) is 5.65 Å². The van der Waals surface area contributed by atoms with E-state index in [0.717, 1.165) is 0 Å². The van der Waals surface area contributed by atoms with Crippen molar-refractivity contribution in [2.24, 2.45) is 0 Å². The number of carbonyl (C=O) groups is 1. The number of hydrogen-bond acceptors (Lipinski definition) is 4. The van der Waals surface area contributed by atoms with Crippen LogP contribution >= 0.6 is 0 Å². The topological polar surface area (TPSA) is 60.7 Å². The highest BCUT2D eigenvalue weighted by atomic mass is 16.5. The summed E-state index contributed by atoms with van der Waals surface area (Å²) < 4.78 is 6.30. The van der Waals surface area contributed by atoms with Crippen LogP contribution in [0.15, 0.2) is 35.4 Å². The lowest BCUT2D eigenvalue weighted by atomic mass is 10.2. The Morgan fingerprint density at radius 2 is 2.28 bits per heavy atom. The second-order valence-electron chi connectivity index (χ2n) is 3.82. The highest BCUT2D eigenvalue weighted by molar-refractivity contribution is 5.69. The average Bonchev–Trinajstić information content (AvgIpc) is 2.39. The molecule has 0 aliphatic carbocycles. The van der Waals surface area contributed by atoms with E-state index in [1.807, 2.05) is 6.07 Å². The SMILES string of the molecule is CCOC(=O)CCc1cnc2ccccn2c1=O. The van der Waals surface area contributed by atoms with Crippen molar-refractivity contribution >= 4 is 11.6 Å². The van der Waals surface area contributed by atoms with Crippen molar-refractivity contribution in [3.63, 3.8) is 0 Å². The fraction of sp³-hybridized carbons (Fsp3) is 0.308. The summed E-state index contributed by atoms with van der Waals surface area (Å²) >= 11 is 0. The van der Waals surface area contributed by atoms with Gasteiger partial charge in [0.15, 0.2) is 0 Å². The van der Waals surface area contributed by atoms with Crippen LogP contribution in [0.3, 0.4) is 0 Å². The van der Waals surface area contributed by atoms with E-state index >= 15 is 0 Å². The van der Waals surface area contributed by atoms with Gasteiger partial charge >= 0.3 is 5.97 Å². The predicted octanol–water partition coefficient (Wildman–Crippen LogP) is 1.19. The molecule has 94 valence electrons. The zero-order valence-electron chi connectivity index (χ0n) is 10.1. The molecule has 0 atom stereocenters. The molecule has 0 aromatic carbocycles. The number of hydrogen-bond donors (Lipinski definition) is 0. The molecule has 0 bridgehead atoms. The second kappa shape index (κ2) is 5.44. The minimum Gasteiger partial charge on any atom is -0.466 e. The number of aromatic nitrogens is 2. The highest BCUT2D eigenvalue weighted by Crippen LogP contribution is 2.01. The van der Waals surface area contributed by atoms with Gasteiger partial charge in [-0.1, -0.05) is 6.07 Å². The molecule has 0 unspecified atom stereocenters. The van der Waals surface area contributed by atoms with Crippen molar-refractivity contribution in [1.82, 2.24) is 9.38 Å². The molecule has 0 amide bonds. The van der Waals surface area contributed by atoms with Crippen LogP contribution in [0.5, 0.6) is 0 Å². The Balaban J connectivity index is 2.22. The van der Waals surface area contributed by atoms with E-state index in [4.69, 9.17) is 4.74 Å². The summed E-state index contributed by atoms with van der Waals surface area (Å²) in [6.45, 7) is 2.11. The van der Waals surface area contributed by atoms with Crippen LogP contribution in [0.4, 0.5) is 0 Å². The number of fused-ring (bicyclic) bond motifs is 1. The Hall–Kier alpha value is -2.17. The van der Waals surface area contributed by atoms with Gasteiger partial charge in [0.05, 0.1) is 6.61 Å². The number of carbonyl (C=O) groups excluding carboxylic acids is 1. The van der Waals surface area contributed by atoms with Gasteiger partial charge in [0.2, 0.25) is 0 Å². The highest BCUT2D eigenvalue weighted by Gasteiger charge is 2.07. The third-order valence-corrected chi connectivity index (χ3v) is 2.59. The molecular weight excluding hydrogens is 232 g/mol. The molecule has 0 radical (unpaired) electrons. The van der Waals surface area contributed by atoms with Gasteiger partial charge < -0.3 is 4.74 Å². The zero-order valence-corrected chi connectivity index (χ0v) is 10.1. The maximum absolute atomic E-state index is 12.1. The summed E-state index contributed by atoms with van der Waals surface area (Å²) in [5.41, 5.74) is 0.985. The number of rotatable bonds is 4. The number of ether oxygens (including phenoxy) is 1. The van der Waals surface area contributed by atoms with Gasteiger partial charge in [-0.25, -0.2) is 4.98 Å². The molecular formula is C13H14N2O3. The van der Waals surface area contributed by atoms with Crippen molar-refractivity contribution in [3.8, 4) is 0 Å². The summed E-state index contributed by atoms with van der Waals surface area (Å²) in [5.74, 6) is -0.296. The minimum absolute atomic E-state index is 0.134. The quantitative estimate of drug-likeness (QED) is 0.760. The lowest BCUT2D eigenvalue weighted by molar-refractivity contribution is -0.143. The monoisotopic (exact) mass is 246 g/mol. The summed E-state index contributed by atoms with van der Waals surface area (Å²) in [6, 6.07) is 5.35. The normalized spacial score (nSPS) is 10.5. The molecule has 5 nitrogen and oxygen atoms in total. The first-order chi connectivity index (χ1) is 8.72. The van der Waals surface area contributed by atoms with Gasteiger partial charge in [-0.05, 0) is 25.5 Å². The molecule has 0 aliphatic rings. The molecule has 0 N–H and O–H groups in total. The molecule has 0 aliphatic heterocycles. The fourth-order valence-electron chi connectivity index (χ4n) is 1.71. The smallest absolute Gasteiger partial charge is 0.306 e. The molecule has 2 heterocycles. The van der Waals surface area contributed by atoms with Crippen molar-refractivity contribution < 1.29 is 9.53 Å². The summed E-state index contributed by atoms with van der Waals surface area (Å²) in [6.07, 6.45) is 3.74. The van der Waals surface area contributed by atoms with Crippen LogP contribution < -0.4 is 5.56 Å². The third kappa shape index (κ3) is 2.56. The zero-order chi connectivity index (χ0) is 13.0. The van der Waals surface area contributed by atoms with Gasteiger partial charge in [-0.3, -0.25) is 14.0 Å². The Bertz CT molecular complexity index is 619. The lowest BCUT2D eigenvalue weighted by Gasteiger charge is -2.04. The van der Waals surface area contributed by atoms with Gasteiger partial charge in [0.25, 0.3) is 5.56 Å². The third-order valence-electron chi connectivity index (χ3n) is 2.59. The van der Waals surface area contributed by atoms with E-state index in [1.54, 1.807) is 25.3 Å². The van der Waals surface area contributed by atoms with E-state index < -0.39 is 0 Å². The van der Waals surface area contributed by atoms with E-state index in [9.17, 15) is 9.59 Å². The van der Waals surface area contributed by atoms with E-state index in [-0.39, 0.29) is 17.9 Å². The van der Waals surface area contributed by atoms with Crippen LogP contribution in [-0.4, -0.2) is 22.0 Å². The van der Waals surface area contributed by atoms with Crippen molar-refractivity contribution in [2.75, 3.05) is 6.61 Å². The maximum Gasteiger partial charge on any atom is 0.306 e. The van der Waals surface area contributed by atoms with Crippen molar-refractivity contribution in [3.05, 3.63) is 46.5 Å². The van der Waals surface area contributed by atoms with Crippen LogP contribution in [0.2, 0.25) is 0 Å². The van der Waals surface area contributed by atoms with Crippen LogP contribution in [-0.2, 0) is 16.0 Å². The molecule has 0 saturated carbocycles. The predicted molar refractivity (Wildman–Crippen MR) is 66.4 cm³/mol. The van der Waals surface area contributed by atoms with Crippen LogP contribution in [0.25, 0.3) is 5.65 Å². The summed E-state index contributed by atoms with van der Waals surface area (Å²) in [5, 5.41) is 0. The number of esters is 1. The van der Waals surface area contributed by atoms with Crippen LogP contribution in [0, 0.1) is 0 Å². The first kappa shape index (κ1) is 12.3. The summed E-state index contributed by atoms with van der Waals surface area (Å²) in [4.78, 5) is 27.5. The lowest BCUT2D eigenvalue weighted by Crippen LogP contribution is -2.20. The first-order valence-corrected chi connectivity index (χ1v) is 5.83. The van der Waals surface area contributed by atoms with Gasteiger partial charge in [-0.15, -0.1) is 0 Å². The largest absolute Gasteiger partial charge is 0.466 e. The average molecular weight is 246 g/mol.